The summed E-state index contributed by atoms with van der Waals surface area (Å²) in [5.41, 5.74) is 3.94. The average molecular weight is 856 g/mol. The zero-order valence-corrected chi connectivity index (χ0v) is 34.8. The van der Waals surface area contributed by atoms with Crippen LogP contribution in [0.15, 0.2) is 95.7 Å². The van der Waals surface area contributed by atoms with Crippen molar-refractivity contribution >= 4 is 61.2 Å². The smallest absolute Gasteiger partial charge is 0.293 e. The lowest BCUT2D eigenvalue weighted by Crippen LogP contribution is -2.54. The Kier molecular flexibility index (Phi) is 11.3. The number of amides is 1. The van der Waals surface area contributed by atoms with Crippen molar-refractivity contribution in [2.75, 3.05) is 62.7 Å². The van der Waals surface area contributed by atoms with Crippen molar-refractivity contribution in [1.82, 2.24) is 19.6 Å². The Labute approximate surface area is 352 Å². The second kappa shape index (κ2) is 16.5. The number of anilines is 2. The van der Waals surface area contributed by atoms with Gasteiger partial charge in [0.1, 0.15) is 28.4 Å². The van der Waals surface area contributed by atoms with Crippen molar-refractivity contribution in [2.45, 2.75) is 43.6 Å². The van der Waals surface area contributed by atoms with Gasteiger partial charge in [0.05, 0.1) is 34.8 Å². The molecule has 0 unspecified atom stereocenters. The lowest BCUT2D eigenvalue weighted by Gasteiger charge is -2.39. The zero-order chi connectivity index (χ0) is 42.2. The number of sulfonamides is 1. The lowest BCUT2D eigenvalue weighted by molar-refractivity contribution is -0.384. The monoisotopic (exact) mass is 855 g/mol. The number of aliphatic hydroxyl groups is 1. The fourth-order valence-corrected chi connectivity index (χ4v) is 9.01. The number of carbonyl (C=O) groups is 1. The minimum absolute atomic E-state index is 0.00325. The van der Waals surface area contributed by atoms with Gasteiger partial charge in [0.2, 0.25) is 0 Å². The molecular weight excluding hydrogens is 810 g/mol. The number of nitro groups is 1. The number of aromatic nitrogens is 2. The summed E-state index contributed by atoms with van der Waals surface area (Å²) in [6.07, 6.45) is 6.42. The van der Waals surface area contributed by atoms with Crippen LogP contribution in [0.5, 0.6) is 11.5 Å². The van der Waals surface area contributed by atoms with Crippen molar-refractivity contribution in [3.05, 3.63) is 117 Å². The van der Waals surface area contributed by atoms with Gasteiger partial charge >= 0.3 is 0 Å². The van der Waals surface area contributed by atoms with Crippen molar-refractivity contribution in [3.8, 4) is 11.5 Å². The molecule has 8 rings (SSSR count). The second-order valence-corrected chi connectivity index (χ2v) is 18.6. The number of halogens is 1. The Balaban J connectivity index is 1.01. The maximum Gasteiger partial charge on any atom is 0.293 e. The number of nitrogens with one attached hydrogen (secondary N) is 3. The molecule has 4 heterocycles. The first-order valence-electron chi connectivity index (χ1n) is 19.7. The number of hydrogen-bond acceptors (Lipinski definition) is 12. The highest BCUT2D eigenvalue weighted by Gasteiger charge is 2.37. The predicted molar refractivity (Wildman–Crippen MR) is 229 cm³/mol. The van der Waals surface area contributed by atoms with E-state index in [-0.39, 0.29) is 42.2 Å². The van der Waals surface area contributed by atoms with Crippen LogP contribution in [0.3, 0.4) is 0 Å². The number of ether oxygens (including phenoxy) is 2. The normalized spacial score (nSPS) is 17.9. The van der Waals surface area contributed by atoms with Gasteiger partial charge in [0, 0.05) is 73.7 Å². The van der Waals surface area contributed by atoms with Gasteiger partial charge in [-0.3, -0.25) is 19.8 Å². The van der Waals surface area contributed by atoms with E-state index in [1.807, 2.05) is 18.2 Å². The third-order valence-corrected chi connectivity index (χ3v) is 13.0. The van der Waals surface area contributed by atoms with Gasteiger partial charge in [-0.1, -0.05) is 43.2 Å². The standard InChI is InChI=1S/C43H46ClN7O8S/c1-42(2)13-11-30(36(22-42)28-3-5-31(44)6-4-28)24-49-15-17-50(18-16-49)32-7-9-35(39(20-32)59-33-19-29-12-14-45-40(29)46-23-33)41(52)48-60(56,57)34-8-10-37(38(21-34)51(54)55)47-25-43(53)26-58-27-43/h3-10,12,14,19-21,23,47,53H,11,13,15-18,22,24-27H2,1-2H3,(H,45,46)(H,48,52). The Morgan fingerprint density at radius 1 is 1.05 bits per heavy atom. The van der Waals surface area contributed by atoms with Crippen LogP contribution in [0.25, 0.3) is 16.6 Å². The number of allylic oxidation sites excluding steroid dienone is 1. The third kappa shape index (κ3) is 9.12. The molecule has 15 nitrogen and oxygen atoms in total. The highest BCUT2D eigenvalue weighted by atomic mass is 35.5. The average Bonchev–Trinajstić information content (AvgIpc) is 3.68. The molecule has 2 fully saturated rings. The number of nitro benzene ring substituents is 1. The molecule has 3 aromatic carbocycles. The molecule has 0 spiro atoms. The summed E-state index contributed by atoms with van der Waals surface area (Å²) in [7, 11) is -4.61. The number of nitrogens with zero attached hydrogens (tertiary/aromatic N) is 4. The SMILES string of the molecule is CC1(C)CCC(CN2CCN(c3ccc(C(=O)NS(=O)(=O)c4ccc(NCC5(O)COC5)c([N+](=O)[O-])c4)c(Oc4cnc5[nH]ccc5c4)c3)CC2)=C(c2ccc(Cl)cc2)C1. The Bertz CT molecular complexity index is 2580. The summed E-state index contributed by atoms with van der Waals surface area (Å²) >= 11 is 6.23. The topological polar surface area (TPSA) is 192 Å². The van der Waals surface area contributed by atoms with Gasteiger partial charge in [0.25, 0.3) is 21.6 Å². The minimum Gasteiger partial charge on any atom is -0.455 e. The van der Waals surface area contributed by atoms with E-state index in [0.29, 0.717) is 24.5 Å². The van der Waals surface area contributed by atoms with E-state index in [2.05, 4.69) is 55.8 Å². The summed E-state index contributed by atoms with van der Waals surface area (Å²) < 4.78 is 40.5. The fourth-order valence-electron chi connectivity index (χ4n) is 7.89. The molecule has 5 aromatic rings. The highest BCUT2D eigenvalue weighted by Crippen LogP contribution is 2.43. The molecule has 0 bridgehead atoms. The zero-order valence-electron chi connectivity index (χ0n) is 33.2. The molecule has 4 N–H and O–H groups in total. The predicted octanol–water partition coefficient (Wildman–Crippen LogP) is 6.99. The molecule has 0 radical (unpaired) electrons. The molecule has 1 aliphatic carbocycles. The summed E-state index contributed by atoms with van der Waals surface area (Å²) in [5.74, 6) is -0.557. The van der Waals surface area contributed by atoms with Crippen molar-refractivity contribution in [1.29, 1.82) is 0 Å². The van der Waals surface area contributed by atoms with Gasteiger partial charge in [-0.2, -0.15) is 0 Å². The van der Waals surface area contributed by atoms with Gasteiger partial charge < -0.3 is 29.8 Å². The Morgan fingerprint density at radius 3 is 2.53 bits per heavy atom. The van der Waals surface area contributed by atoms with E-state index in [1.54, 1.807) is 24.4 Å². The van der Waals surface area contributed by atoms with Crippen LogP contribution in [0.4, 0.5) is 17.1 Å². The first kappa shape index (κ1) is 41.2. The van der Waals surface area contributed by atoms with Crippen molar-refractivity contribution in [3.63, 3.8) is 0 Å². The van der Waals surface area contributed by atoms with E-state index < -0.39 is 37.0 Å². The minimum atomic E-state index is -4.61. The van der Waals surface area contributed by atoms with Crippen LogP contribution in [-0.4, -0.2) is 97.3 Å². The quantitative estimate of drug-likeness (QED) is 0.0702. The van der Waals surface area contributed by atoms with Gasteiger partial charge in [-0.25, -0.2) is 18.1 Å². The lowest BCUT2D eigenvalue weighted by atomic mass is 9.72. The number of pyridine rings is 1. The summed E-state index contributed by atoms with van der Waals surface area (Å²) in [6.45, 7) is 8.65. The van der Waals surface area contributed by atoms with Gasteiger partial charge in [-0.05, 0) is 84.3 Å². The molecule has 1 amide bonds. The third-order valence-electron chi connectivity index (χ3n) is 11.4. The molecule has 2 aromatic heterocycles. The first-order valence-corrected chi connectivity index (χ1v) is 21.6. The van der Waals surface area contributed by atoms with E-state index >= 15 is 0 Å². The van der Waals surface area contributed by atoms with Crippen LogP contribution < -0.4 is 19.7 Å². The van der Waals surface area contributed by atoms with Crippen LogP contribution in [-0.2, 0) is 14.8 Å². The Morgan fingerprint density at radius 2 is 1.82 bits per heavy atom. The van der Waals surface area contributed by atoms with Crippen LogP contribution in [0.1, 0.15) is 49.0 Å². The number of carbonyl (C=O) groups excluding carboxylic acids is 1. The number of H-pyrrole nitrogens is 1. The number of aromatic amines is 1. The highest BCUT2D eigenvalue weighted by molar-refractivity contribution is 7.90. The fraction of sp³-hybridized carbons (Fsp3) is 0.349. The summed E-state index contributed by atoms with van der Waals surface area (Å²) in [4.78, 5) is 36.7. The number of benzene rings is 3. The van der Waals surface area contributed by atoms with E-state index in [9.17, 15) is 28.4 Å². The molecule has 2 aliphatic heterocycles. The van der Waals surface area contributed by atoms with Gasteiger partial charge in [-0.15, -0.1) is 0 Å². The number of rotatable bonds is 13. The van der Waals surface area contributed by atoms with E-state index in [1.165, 1.54) is 35.0 Å². The first-order chi connectivity index (χ1) is 28.6. The largest absolute Gasteiger partial charge is 0.455 e. The summed E-state index contributed by atoms with van der Waals surface area (Å²) in [5, 5.41) is 26.6. The van der Waals surface area contributed by atoms with Crippen LogP contribution in [0, 0.1) is 15.5 Å². The molecule has 60 heavy (non-hydrogen) atoms. The van der Waals surface area contributed by atoms with Crippen molar-refractivity contribution < 1.29 is 32.7 Å². The molecule has 17 heteroatoms. The van der Waals surface area contributed by atoms with E-state index in [4.69, 9.17) is 21.1 Å². The van der Waals surface area contributed by atoms with Gasteiger partial charge in [0.15, 0.2) is 0 Å². The molecular formula is C43H46ClN7O8S. The van der Waals surface area contributed by atoms with Crippen LogP contribution in [0.2, 0.25) is 5.02 Å². The molecule has 2 saturated heterocycles. The molecule has 314 valence electrons. The van der Waals surface area contributed by atoms with Crippen molar-refractivity contribution in [2.24, 2.45) is 5.41 Å². The molecule has 0 atom stereocenters. The number of piperazine rings is 1. The maximum atomic E-state index is 13.9. The number of hydrogen-bond donors (Lipinski definition) is 4. The molecule has 0 saturated carbocycles. The van der Waals surface area contributed by atoms with E-state index in [0.717, 1.165) is 67.1 Å². The maximum absolute atomic E-state index is 13.9. The Hall–Kier alpha value is -5.52. The second-order valence-electron chi connectivity index (χ2n) is 16.5. The number of fused-ring (bicyclic) bond motifs is 1. The summed E-state index contributed by atoms with van der Waals surface area (Å²) in [6, 6.07) is 19.9. The van der Waals surface area contributed by atoms with Crippen LogP contribution >= 0.6 is 11.6 Å². The molecule has 3 aliphatic rings.